The fourth-order valence-corrected chi connectivity index (χ4v) is 2.14. The topological polar surface area (TPSA) is 86.0 Å². The zero-order chi connectivity index (χ0) is 14.8. The van der Waals surface area contributed by atoms with Gasteiger partial charge in [0.2, 0.25) is 0 Å². The van der Waals surface area contributed by atoms with Crippen molar-refractivity contribution in [2.75, 3.05) is 14.2 Å². The molecular weight excluding hydrogens is 268 g/mol. The van der Waals surface area contributed by atoms with Gasteiger partial charge in [0.05, 0.1) is 25.3 Å². The van der Waals surface area contributed by atoms with E-state index in [0.29, 0.717) is 23.9 Å². The summed E-state index contributed by atoms with van der Waals surface area (Å²) in [6, 6.07) is 7.53. The molecular formula is C15H16N4O2. The summed E-state index contributed by atoms with van der Waals surface area (Å²) in [7, 11) is 3.21. The first-order chi connectivity index (χ1) is 10.2. The van der Waals surface area contributed by atoms with E-state index in [1.54, 1.807) is 20.4 Å². The van der Waals surface area contributed by atoms with Gasteiger partial charge in [0, 0.05) is 24.9 Å². The van der Waals surface area contributed by atoms with Gasteiger partial charge in [-0.05, 0) is 11.6 Å². The van der Waals surface area contributed by atoms with Crippen molar-refractivity contribution in [3.05, 3.63) is 36.0 Å². The Hall–Kier alpha value is -2.60. The lowest BCUT2D eigenvalue weighted by molar-refractivity contribution is 0.356. The van der Waals surface area contributed by atoms with Crippen LogP contribution in [-0.4, -0.2) is 29.2 Å². The molecule has 0 saturated carbocycles. The van der Waals surface area contributed by atoms with Crippen molar-refractivity contribution < 1.29 is 9.47 Å². The van der Waals surface area contributed by atoms with Gasteiger partial charge < -0.3 is 20.2 Å². The number of H-pyrrole nitrogens is 1. The van der Waals surface area contributed by atoms with Crippen molar-refractivity contribution in [3.8, 4) is 23.0 Å². The summed E-state index contributed by atoms with van der Waals surface area (Å²) < 4.78 is 10.6. The van der Waals surface area contributed by atoms with E-state index in [9.17, 15) is 0 Å². The second-order valence-corrected chi connectivity index (χ2v) is 4.57. The Morgan fingerprint density at radius 2 is 1.90 bits per heavy atom. The largest absolute Gasteiger partial charge is 0.493 e. The predicted molar refractivity (Wildman–Crippen MR) is 80.3 cm³/mol. The standard InChI is InChI=1S/C15H16N4O2/c1-20-13-5-11-12(6-14(13)21-2)19-15(18-11)10-4-3-9(7-16)8-17-10/h3-6,8H,7,16H2,1-2H3,(H,18,19). The number of nitrogens with zero attached hydrogens (tertiary/aromatic N) is 2. The maximum atomic E-state index is 5.57. The van der Waals surface area contributed by atoms with Crippen LogP contribution in [0.2, 0.25) is 0 Å². The lowest BCUT2D eigenvalue weighted by Gasteiger charge is -2.06. The molecule has 0 radical (unpaired) electrons. The summed E-state index contributed by atoms with van der Waals surface area (Å²) in [5, 5.41) is 0. The summed E-state index contributed by atoms with van der Waals surface area (Å²) in [5.41, 5.74) is 8.99. The van der Waals surface area contributed by atoms with Gasteiger partial charge in [-0.1, -0.05) is 6.07 Å². The van der Waals surface area contributed by atoms with Crippen LogP contribution >= 0.6 is 0 Å². The number of hydrogen-bond donors (Lipinski definition) is 2. The number of aromatic nitrogens is 3. The molecule has 108 valence electrons. The molecule has 6 nitrogen and oxygen atoms in total. The monoisotopic (exact) mass is 284 g/mol. The molecule has 0 aliphatic carbocycles. The first-order valence-corrected chi connectivity index (χ1v) is 6.52. The summed E-state index contributed by atoms with van der Waals surface area (Å²) >= 11 is 0. The molecule has 0 amide bonds. The normalized spacial score (nSPS) is 10.8. The highest BCUT2D eigenvalue weighted by Crippen LogP contribution is 2.32. The summed E-state index contributed by atoms with van der Waals surface area (Å²) in [4.78, 5) is 12.1. The lowest BCUT2D eigenvalue weighted by atomic mass is 10.2. The molecule has 6 heteroatoms. The fourth-order valence-electron chi connectivity index (χ4n) is 2.14. The zero-order valence-electron chi connectivity index (χ0n) is 11.9. The quantitative estimate of drug-likeness (QED) is 0.766. The molecule has 3 N–H and O–H groups in total. The van der Waals surface area contributed by atoms with Gasteiger partial charge in [-0.15, -0.1) is 0 Å². The van der Waals surface area contributed by atoms with Crippen LogP contribution in [0.25, 0.3) is 22.6 Å². The molecule has 0 fully saturated rings. The predicted octanol–water partition coefficient (Wildman–Crippen LogP) is 2.10. The summed E-state index contributed by atoms with van der Waals surface area (Å²) in [5.74, 6) is 2.00. The van der Waals surface area contributed by atoms with Gasteiger partial charge in [0.1, 0.15) is 5.69 Å². The number of hydrogen-bond acceptors (Lipinski definition) is 5. The van der Waals surface area contributed by atoms with Crippen LogP contribution in [0.1, 0.15) is 5.56 Å². The Kier molecular flexibility index (Phi) is 3.45. The third-order valence-corrected chi connectivity index (χ3v) is 3.29. The van der Waals surface area contributed by atoms with Crippen LogP contribution in [0.15, 0.2) is 30.5 Å². The Morgan fingerprint density at radius 3 is 2.52 bits per heavy atom. The van der Waals surface area contributed by atoms with Crippen LogP contribution in [-0.2, 0) is 6.54 Å². The number of benzene rings is 1. The first-order valence-electron chi connectivity index (χ1n) is 6.52. The third kappa shape index (κ3) is 2.41. The van der Waals surface area contributed by atoms with Gasteiger partial charge in [-0.3, -0.25) is 4.98 Å². The van der Waals surface area contributed by atoms with Gasteiger partial charge in [-0.2, -0.15) is 0 Å². The highest BCUT2D eigenvalue weighted by atomic mass is 16.5. The molecule has 0 saturated heterocycles. The summed E-state index contributed by atoms with van der Waals surface area (Å²) in [6.07, 6.45) is 1.75. The first kappa shape index (κ1) is 13.4. The van der Waals surface area contributed by atoms with E-state index >= 15 is 0 Å². The van der Waals surface area contributed by atoms with E-state index in [-0.39, 0.29) is 0 Å². The number of aromatic amines is 1. The second-order valence-electron chi connectivity index (χ2n) is 4.57. The Balaban J connectivity index is 2.07. The van der Waals surface area contributed by atoms with Gasteiger partial charge in [0.15, 0.2) is 17.3 Å². The summed E-state index contributed by atoms with van der Waals surface area (Å²) in [6.45, 7) is 0.474. The molecule has 1 aromatic carbocycles. The maximum absolute atomic E-state index is 5.57. The number of methoxy groups -OCH3 is 2. The SMILES string of the molecule is COc1cc2nc(-c3ccc(CN)cn3)[nH]c2cc1OC. The maximum Gasteiger partial charge on any atom is 0.163 e. The highest BCUT2D eigenvalue weighted by molar-refractivity contribution is 5.82. The number of fused-ring (bicyclic) bond motifs is 1. The van der Waals surface area contributed by atoms with Crippen LogP contribution in [0.3, 0.4) is 0 Å². The number of imidazole rings is 1. The number of pyridine rings is 1. The van der Waals surface area contributed by atoms with Crippen LogP contribution in [0.4, 0.5) is 0 Å². The second kappa shape index (κ2) is 5.41. The minimum atomic E-state index is 0.474. The van der Waals surface area contributed by atoms with Crippen LogP contribution < -0.4 is 15.2 Å². The average Bonchev–Trinajstić information content (AvgIpc) is 2.96. The Bertz CT molecular complexity index is 724. The van der Waals surface area contributed by atoms with Crippen LogP contribution in [0.5, 0.6) is 11.5 Å². The van der Waals surface area contributed by atoms with Crippen molar-refractivity contribution in [2.24, 2.45) is 5.73 Å². The average molecular weight is 284 g/mol. The smallest absolute Gasteiger partial charge is 0.163 e. The molecule has 0 unspecified atom stereocenters. The molecule has 0 aliphatic rings. The van der Waals surface area contributed by atoms with Gasteiger partial charge in [-0.25, -0.2) is 4.98 Å². The molecule has 21 heavy (non-hydrogen) atoms. The Morgan fingerprint density at radius 1 is 1.14 bits per heavy atom. The number of nitrogens with two attached hydrogens (primary N) is 1. The molecule has 0 bridgehead atoms. The molecule has 0 atom stereocenters. The van der Waals surface area contributed by atoms with Crippen molar-refractivity contribution in [2.45, 2.75) is 6.54 Å². The van der Waals surface area contributed by atoms with Gasteiger partial charge >= 0.3 is 0 Å². The van der Waals surface area contributed by atoms with Crippen molar-refractivity contribution in [1.29, 1.82) is 0 Å². The van der Waals surface area contributed by atoms with E-state index in [1.807, 2.05) is 24.3 Å². The van der Waals surface area contributed by atoms with E-state index in [2.05, 4.69) is 15.0 Å². The fraction of sp³-hybridized carbons (Fsp3) is 0.200. The Labute approximate surface area is 121 Å². The number of ether oxygens (including phenoxy) is 2. The highest BCUT2D eigenvalue weighted by Gasteiger charge is 2.11. The minimum Gasteiger partial charge on any atom is -0.493 e. The number of rotatable bonds is 4. The van der Waals surface area contributed by atoms with E-state index in [1.165, 1.54) is 0 Å². The minimum absolute atomic E-state index is 0.474. The van der Waals surface area contributed by atoms with Gasteiger partial charge in [0.25, 0.3) is 0 Å². The molecule has 0 spiro atoms. The third-order valence-electron chi connectivity index (χ3n) is 3.29. The molecule has 3 rings (SSSR count). The molecule has 3 aromatic rings. The molecule has 2 heterocycles. The zero-order valence-corrected chi connectivity index (χ0v) is 11.9. The lowest BCUT2D eigenvalue weighted by Crippen LogP contribution is -1.97. The number of nitrogens with one attached hydrogen (secondary N) is 1. The van der Waals surface area contributed by atoms with E-state index in [4.69, 9.17) is 15.2 Å². The van der Waals surface area contributed by atoms with Crippen LogP contribution in [0, 0.1) is 0 Å². The van der Waals surface area contributed by atoms with E-state index < -0.39 is 0 Å². The molecule has 2 aromatic heterocycles. The van der Waals surface area contributed by atoms with Crippen molar-refractivity contribution in [3.63, 3.8) is 0 Å². The van der Waals surface area contributed by atoms with Crippen molar-refractivity contribution >= 4 is 11.0 Å². The molecule has 0 aliphatic heterocycles. The van der Waals surface area contributed by atoms with Crippen molar-refractivity contribution in [1.82, 2.24) is 15.0 Å². The van der Waals surface area contributed by atoms with E-state index in [0.717, 1.165) is 22.3 Å².